The number of rotatable bonds is 1. The Hall–Kier alpha value is -1.37. The maximum atomic E-state index is 13.4. The van der Waals surface area contributed by atoms with Crippen LogP contribution in [0.1, 0.15) is 25.3 Å². The fourth-order valence-electron chi connectivity index (χ4n) is 1.73. The highest BCUT2D eigenvalue weighted by Crippen LogP contribution is 2.26. The summed E-state index contributed by atoms with van der Waals surface area (Å²) >= 11 is 0. The summed E-state index contributed by atoms with van der Waals surface area (Å²) in [6.07, 6.45) is 6.29. The normalized spacial score (nSPS) is 16.1. The second-order valence-corrected chi connectivity index (χ2v) is 3.67. The van der Waals surface area contributed by atoms with Crippen molar-refractivity contribution in [1.29, 1.82) is 0 Å². The van der Waals surface area contributed by atoms with E-state index in [1.54, 1.807) is 6.07 Å². The second-order valence-electron chi connectivity index (χ2n) is 3.67. The minimum absolute atomic E-state index is 0.135. The molecule has 0 spiro atoms. The van der Waals surface area contributed by atoms with E-state index in [0.717, 1.165) is 18.4 Å². The molecule has 0 unspecified atom stereocenters. The molecule has 0 atom stereocenters. The summed E-state index contributed by atoms with van der Waals surface area (Å²) in [5.74, 6) is -0.135. The van der Waals surface area contributed by atoms with E-state index in [1.807, 2.05) is 12.1 Å². The fourth-order valence-corrected chi connectivity index (χ4v) is 1.73. The highest BCUT2D eigenvalue weighted by atomic mass is 19.1. The van der Waals surface area contributed by atoms with Gasteiger partial charge < -0.3 is 0 Å². The predicted molar refractivity (Wildman–Crippen MR) is 57.4 cm³/mol. The van der Waals surface area contributed by atoms with Gasteiger partial charge in [0.1, 0.15) is 5.82 Å². The van der Waals surface area contributed by atoms with Crippen molar-refractivity contribution in [2.45, 2.75) is 19.8 Å². The Morgan fingerprint density at radius 3 is 2.71 bits per heavy atom. The highest BCUT2D eigenvalue weighted by molar-refractivity contribution is 5.75. The second kappa shape index (κ2) is 3.79. The minimum atomic E-state index is -0.135. The van der Waals surface area contributed by atoms with E-state index >= 15 is 0 Å². The average Bonchev–Trinajstić information content (AvgIpc) is 2.18. The molecule has 1 aromatic rings. The summed E-state index contributed by atoms with van der Waals surface area (Å²) in [6, 6.07) is 6.93. The van der Waals surface area contributed by atoms with E-state index in [9.17, 15) is 4.39 Å². The first-order chi connectivity index (χ1) is 6.77. The molecule has 1 aromatic carbocycles. The highest BCUT2D eigenvalue weighted by Gasteiger charge is 2.07. The lowest BCUT2D eigenvalue weighted by Gasteiger charge is -2.11. The Kier molecular flexibility index (Phi) is 2.49. The van der Waals surface area contributed by atoms with E-state index in [-0.39, 0.29) is 5.82 Å². The maximum absolute atomic E-state index is 13.4. The molecule has 1 aliphatic carbocycles. The summed E-state index contributed by atoms with van der Waals surface area (Å²) in [5, 5.41) is 0. The number of halogens is 1. The van der Waals surface area contributed by atoms with Gasteiger partial charge in [-0.2, -0.15) is 0 Å². The van der Waals surface area contributed by atoms with Crippen molar-refractivity contribution in [1.82, 2.24) is 0 Å². The van der Waals surface area contributed by atoms with Crippen molar-refractivity contribution in [3.05, 3.63) is 53.4 Å². The number of benzene rings is 1. The van der Waals surface area contributed by atoms with Gasteiger partial charge in [0.05, 0.1) is 0 Å². The van der Waals surface area contributed by atoms with Crippen molar-refractivity contribution < 1.29 is 4.39 Å². The van der Waals surface area contributed by atoms with Crippen molar-refractivity contribution in [3.8, 4) is 0 Å². The Bertz CT molecular complexity index is 399. The van der Waals surface area contributed by atoms with Gasteiger partial charge >= 0.3 is 0 Å². The first kappa shape index (κ1) is 9.20. The van der Waals surface area contributed by atoms with Crippen LogP contribution in [0.2, 0.25) is 0 Å². The lowest BCUT2D eigenvalue weighted by molar-refractivity contribution is 0.624. The van der Waals surface area contributed by atoms with E-state index in [2.05, 4.69) is 19.1 Å². The van der Waals surface area contributed by atoms with Gasteiger partial charge in [-0.3, -0.25) is 0 Å². The zero-order valence-corrected chi connectivity index (χ0v) is 8.26. The number of hydrogen-bond donors (Lipinski definition) is 0. The molecule has 0 bridgehead atoms. The molecule has 14 heavy (non-hydrogen) atoms. The van der Waals surface area contributed by atoms with E-state index < -0.39 is 0 Å². The maximum Gasteiger partial charge on any atom is 0.131 e. The summed E-state index contributed by atoms with van der Waals surface area (Å²) in [4.78, 5) is 0. The average molecular weight is 188 g/mol. The van der Waals surface area contributed by atoms with Gasteiger partial charge in [0.25, 0.3) is 0 Å². The molecule has 1 aliphatic rings. The van der Waals surface area contributed by atoms with Gasteiger partial charge in [-0.05, 0) is 31.4 Å². The number of hydrogen-bond acceptors (Lipinski definition) is 0. The van der Waals surface area contributed by atoms with E-state index in [4.69, 9.17) is 0 Å². The van der Waals surface area contributed by atoms with E-state index in [1.165, 1.54) is 11.6 Å². The largest absolute Gasteiger partial charge is 0.206 e. The van der Waals surface area contributed by atoms with Crippen LogP contribution >= 0.6 is 0 Å². The van der Waals surface area contributed by atoms with Gasteiger partial charge in [-0.1, -0.05) is 35.9 Å². The van der Waals surface area contributed by atoms with Crippen LogP contribution in [-0.2, 0) is 0 Å². The topological polar surface area (TPSA) is 0 Å². The van der Waals surface area contributed by atoms with E-state index in [0.29, 0.717) is 5.56 Å². The first-order valence-electron chi connectivity index (χ1n) is 4.89. The van der Waals surface area contributed by atoms with Crippen molar-refractivity contribution >= 4 is 5.57 Å². The fraction of sp³-hybridized carbons (Fsp3) is 0.231. The van der Waals surface area contributed by atoms with Crippen LogP contribution in [0.25, 0.3) is 5.57 Å². The van der Waals surface area contributed by atoms with Crippen LogP contribution in [0.3, 0.4) is 0 Å². The molecule has 0 heterocycles. The summed E-state index contributed by atoms with van der Waals surface area (Å²) < 4.78 is 13.4. The van der Waals surface area contributed by atoms with Crippen LogP contribution in [0, 0.1) is 5.82 Å². The molecule has 0 fully saturated rings. The zero-order valence-electron chi connectivity index (χ0n) is 8.26. The third-order valence-electron chi connectivity index (χ3n) is 2.49. The van der Waals surface area contributed by atoms with Gasteiger partial charge in [0.2, 0.25) is 0 Å². The molecule has 72 valence electrons. The summed E-state index contributed by atoms with van der Waals surface area (Å²) in [7, 11) is 0. The van der Waals surface area contributed by atoms with Gasteiger partial charge in [-0.15, -0.1) is 0 Å². The molecule has 1 heteroatoms. The lowest BCUT2D eigenvalue weighted by atomic mass is 9.95. The third kappa shape index (κ3) is 1.77. The summed E-state index contributed by atoms with van der Waals surface area (Å²) in [6.45, 7) is 2.09. The molecular weight excluding hydrogens is 175 g/mol. The Morgan fingerprint density at radius 2 is 2.00 bits per heavy atom. The standard InChI is InChI=1S/C13H13F/c1-10-5-4-6-11(9-10)12-7-2-3-8-13(12)14/h2-3,6-9H,4-5H2,1H3. The molecule has 0 saturated heterocycles. The molecule has 0 amide bonds. The molecule has 0 aromatic heterocycles. The predicted octanol–water partition coefficient (Wildman–Crippen LogP) is 3.95. The van der Waals surface area contributed by atoms with Crippen LogP contribution in [-0.4, -0.2) is 0 Å². The van der Waals surface area contributed by atoms with Gasteiger partial charge in [0.15, 0.2) is 0 Å². The lowest BCUT2D eigenvalue weighted by Crippen LogP contribution is -1.92. The van der Waals surface area contributed by atoms with Crippen molar-refractivity contribution in [3.63, 3.8) is 0 Å². The molecule has 0 radical (unpaired) electrons. The van der Waals surface area contributed by atoms with Gasteiger partial charge in [0, 0.05) is 5.56 Å². The quantitative estimate of drug-likeness (QED) is 0.626. The minimum Gasteiger partial charge on any atom is -0.206 e. The van der Waals surface area contributed by atoms with Crippen LogP contribution in [0.15, 0.2) is 42.0 Å². The molecule has 0 saturated carbocycles. The third-order valence-corrected chi connectivity index (χ3v) is 2.49. The van der Waals surface area contributed by atoms with Crippen molar-refractivity contribution in [2.75, 3.05) is 0 Å². The summed E-state index contributed by atoms with van der Waals surface area (Å²) in [5.41, 5.74) is 3.06. The first-order valence-corrected chi connectivity index (χ1v) is 4.89. The molecule has 0 nitrogen and oxygen atoms in total. The smallest absolute Gasteiger partial charge is 0.131 e. The SMILES string of the molecule is CC1=CC(c2ccccc2F)=CCC1. The van der Waals surface area contributed by atoms with Gasteiger partial charge in [-0.25, -0.2) is 4.39 Å². The Balaban J connectivity index is 2.41. The number of allylic oxidation sites excluding steroid dienone is 4. The van der Waals surface area contributed by atoms with Crippen LogP contribution in [0.5, 0.6) is 0 Å². The Morgan fingerprint density at radius 1 is 1.21 bits per heavy atom. The monoisotopic (exact) mass is 188 g/mol. The Labute approximate surface area is 83.8 Å². The molecule has 2 rings (SSSR count). The molecule has 0 N–H and O–H groups in total. The van der Waals surface area contributed by atoms with Crippen LogP contribution < -0.4 is 0 Å². The zero-order chi connectivity index (χ0) is 9.97. The van der Waals surface area contributed by atoms with Crippen LogP contribution in [0.4, 0.5) is 4.39 Å². The molecule has 0 aliphatic heterocycles. The molecular formula is C13H13F. The van der Waals surface area contributed by atoms with Crippen molar-refractivity contribution in [2.24, 2.45) is 0 Å².